The Balaban J connectivity index is 2.88. The van der Waals surface area contributed by atoms with Crippen LogP contribution in [0.5, 0.6) is 5.75 Å². The van der Waals surface area contributed by atoms with E-state index in [1.807, 2.05) is 13.8 Å². The van der Waals surface area contributed by atoms with Crippen molar-refractivity contribution in [1.82, 2.24) is 0 Å². The molecule has 0 aliphatic rings. The molecule has 1 rings (SSSR count). The lowest BCUT2D eigenvalue weighted by molar-refractivity contribution is 0.230. The minimum absolute atomic E-state index is 0.0723. The van der Waals surface area contributed by atoms with Crippen LogP contribution in [0.15, 0.2) is 18.2 Å². The topological polar surface area (TPSA) is 55.5 Å². The molecule has 15 heavy (non-hydrogen) atoms. The highest BCUT2D eigenvalue weighted by atomic mass is 19.1. The van der Waals surface area contributed by atoms with E-state index in [0.717, 1.165) is 0 Å². The second-order valence-electron chi connectivity index (χ2n) is 3.65. The van der Waals surface area contributed by atoms with Gasteiger partial charge in [-0.25, -0.2) is 4.39 Å². The Morgan fingerprint density at radius 1 is 1.47 bits per heavy atom. The van der Waals surface area contributed by atoms with Crippen LogP contribution in [-0.2, 0) is 0 Å². The highest BCUT2D eigenvalue weighted by Gasteiger charge is 2.10. The zero-order valence-electron chi connectivity index (χ0n) is 8.90. The molecule has 1 aromatic carbocycles. The molecule has 3 N–H and O–H groups in total. The van der Waals surface area contributed by atoms with Crippen LogP contribution in [0, 0.1) is 5.82 Å². The van der Waals surface area contributed by atoms with Crippen molar-refractivity contribution in [2.45, 2.75) is 26.0 Å². The van der Waals surface area contributed by atoms with Crippen LogP contribution in [-0.4, -0.2) is 17.8 Å². The number of rotatable bonds is 4. The van der Waals surface area contributed by atoms with E-state index in [1.165, 1.54) is 12.1 Å². The van der Waals surface area contributed by atoms with Crippen molar-refractivity contribution in [3.05, 3.63) is 29.6 Å². The van der Waals surface area contributed by atoms with E-state index in [4.69, 9.17) is 15.6 Å². The summed E-state index contributed by atoms with van der Waals surface area (Å²) >= 11 is 0. The van der Waals surface area contributed by atoms with E-state index in [9.17, 15) is 4.39 Å². The lowest BCUT2D eigenvalue weighted by atomic mass is 10.1. The van der Waals surface area contributed by atoms with Gasteiger partial charge >= 0.3 is 0 Å². The van der Waals surface area contributed by atoms with Crippen LogP contribution in [0.1, 0.15) is 25.5 Å². The molecule has 0 amide bonds. The predicted octanol–water partition coefficient (Wildman–Crippen LogP) is 1.60. The number of halogens is 1. The lowest BCUT2D eigenvalue weighted by Gasteiger charge is -2.13. The van der Waals surface area contributed by atoms with Crippen LogP contribution < -0.4 is 10.5 Å². The van der Waals surface area contributed by atoms with Crippen LogP contribution in [0.3, 0.4) is 0 Å². The van der Waals surface area contributed by atoms with Gasteiger partial charge in [-0.2, -0.15) is 0 Å². The summed E-state index contributed by atoms with van der Waals surface area (Å²) in [5, 5.41) is 8.82. The van der Waals surface area contributed by atoms with E-state index in [0.29, 0.717) is 5.56 Å². The monoisotopic (exact) mass is 213 g/mol. The van der Waals surface area contributed by atoms with E-state index in [2.05, 4.69) is 0 Å². The van der Waals surface area contributed by atoms with Crippen LogP contribution in [0.25, 0.3) is 0 Å². The molecule has 84 valence electrons. The molecule has 0 spiro atoms. The number of hydrogen-bond acceptors (Lipinski definition) is 3. The first-order valence-electron chi connectivity index (χ1n) is 4.87. The Labute approximate surface area is 88.7 Å². The van der Waals surface area contributed by atoms with E-state index >= 15 is 0 Å². The predicted molar refractivity (Wildman–Crippen MR) is 56.2 cm³/mol. The summed E-state index contributed by atoms with van der Waals surface area (Å²) in [6.07, 6.45) is -0.0723. The maximum absolute atomic E-state index is 13.4. The van der Waals surface area contributed by atoms with Crippen molar-refractivity contribution in [3.8, 4) is 5.75 Å². The first-order chi connectivity index (χ1) is 7.04. The number of ether oxygens (including phenoxy) is 1. The standard InChI is InChI=1S/C11H16FNO2/c1-7(2)15-11-4-3-8(5-9(11)12)10(13)6-14/h3-5,7,10,14H,6,13H2,1-2H3. The second-order valence-corrected chi connectivity index (χ2v) is 3.65. The third-order valence-corrected chi connectivity index (χ3v) is 1.94. The SMILES string of the molecule is CC(C)Oc1ccc(C(N)CO)cc1F. The summed E-state index contributed by atoms with van der Waals surface area (Å²) in [5.41, 5.74) is 6.12. The fourth-order valence-corrected chi connectivity index (χ4v) is 1.20. The second kappa shape index (κ2) is 5.09. The molecule has 1 aromatic rings. The zero-order valence-corrected chi connectivity index (χ0v) is 8.90. The van der Waals surface area contributed by atoms with Gasteiger partial charge in [-0.05, 0) is 31.5 Å². The van der Waals surface area contributed by atoms with Crippen molar-refractivity contribution >= 4 is 0 Å². The average molecular weight is 213 g/mol. The molecule has 0 radical (unpaired) electrons. The van der Waals surface area contributed by atoms with E-state index in [1.54, 1.807) is 6.07 Å². The van der Waals surface area contributed by atoms with Gasteiger partial charge in [0.05, 0.1) is 18.8 Å². The van der Waals surface area contributed by atoms with Gasteiger partial charge in [0, 0.05) is 0 Å². The van der Waals surface area contributed by atoms with Gasteiger partial charge in [0.1, 0.15) is 0 Å². The van der Waals surface area contributed by atoms with Gasteiger partial charge in [0.2, 0.25) is 0 Å². The van der Waals surface area contributed by atoms with Gasteiger partial charge in [-0.15, -0.1) is 0 Å². The molecule has 4 heteroatoms. The Morgan fingerprint density at radius 3 is 2.60 bits per heavy atom. The molecule has 1 unspecified atom stereocenters. The molecule has 1 atom stereocenters. The Bertz CT molecular complexity index is 328. The Kier molecular flexibility index (Phi) is 4.05. The van der Waals surface area contributed by atoms with Gasteiger partial charge < -0.3 is 15.6 Å². The maximum atomic E-state index is 13.4. The number of benzene rings is 1. The summed E-state index contributed by atoms with van der Waals surface area (Å²) in [6, 6.07) is 3.92. The third-order valence-electron chi connectivity index (χ3n) is 1.94. The van der Waals surface area contributed by atoms with Crippen molar-refractivity contribution in [1.29, 1.82) is 0 Å². The quantitative estimate of drug-likeness (QED) is 0.798. The van der Waals surface area contributed by atoms with Gasteiger partial charge in [-0.1, -0.05) is 6.07 Å². The molecule has 0 heterocycles. The van der Waals surface area contributed by atoms with Gasteiger partial charge in [-0.3, -0.25) is 0 Å². The lowest BCUT2D eigenvalue weighted by Crippen LogP contribution is -2.15. The number of hydrogen-bond donors (Lipinski definition) is 2. The summed E-state index contributed by atoms with van der Waals surface area (Å²) < 4.78 is 18.7. The molecule has 0 bridgehead atoms. The third kappa shape index (κ3) is 3.18. The first-order valence-corrected chi connectivity index (χ1v) is 4.87. The molecule has 0 aliphatic heterocycles. The molecule has 0 saturated carbocycles. The minimum Gasteiger partial charge on any atom is -0.488 e. The largest absolute Gasteiger partial charge is 0.488 e. The molecule has 0 aliphatic carbocycles. The summed E-state index contributed by atoms with van der Waals surface area (Å²) in [7, 11) is 0. The van der Waals surface area contributed by atoms with Gasteiger partial charge in [0.25, 0.3) is 0 Å². The van der Waals surface area contributed by atoms with Crippen molar-refractivity contribution in [3.63, 3.8) is 0 Å². The minimum atomic E-state index is -0.549. The molecule has 0 fully saturated rings. The first kappa shape index (κ1) is 11.9. The van der Waals surface area contributed by atoms with Crippen LogP contribution in [0.2, 0.25) is 0 Å². The van der Waals surface area contributed by atoms with E-state index < -0.39 is 11.9 Å². The number of aliphatic hydroxyl groups is 1. The fourth-order valence-electron chi connectivity index (χ4n) is 1.20. The molecule has 3 nitrogen and oxygen atoms in total. The van der Waals surface area contributed by atoms with Gasteiger partial charge in [0.15, 0.2) is 11.6 Å². The summed E-state index contributed by atoms with van der Waals surface area (Å²) in [6.45, 7) is 3.45. The molecule has 0 saturated heterocycles. The average Bonchev–Trinajstić information content (AvgIpc) is 2.19. The smallest absolute Gasteiger partial charge is 0.165 e. The molecular formula is C11H16FNO2. The summed E-state index contributed by atoms with van der Waals surface area (Å²) in [5.74, 6) is -0.246. The van der Waals surface area contributed by atoms with Crippen molar-refractivity contribution in [2.24, 2.45) is 5.73 Å². The van der Waals surface area contributed by atoms with Crippen molar-refractivity contribution < 1.29 is 14.2 Å². The summed E-state index contributed by atoms with van der Waals surface area (Å²) in [4.78, 5) is 0. The molecule has 0 aromatic heterocycles. The zero-order chi connectivity index (χ0) is 11.4. The van der Waals surface area contributed by atoms with Crippen LogP contribution in [0.4, 0.5) is 4.39 Å². The highest BCUT2D eigenvalue weighted by Crippen LogP contribution is 2.22. The maximum Gasteiger partial charge on any atom is 0.165 e. The fraction of sp³-hybridized carbons (Fsp3) is 0.455. The molecular weight excluding hydrogens is 197 g/mol. The van der Waals surface area contributed by atoms with E-state index in [-0.39, 0.29) is 18.5 Å². The number of nitrogens with two attached hydrogens (primary N) is 1. The highest BCUT2D eigenvalue weighted by molar-refractivity contribution is 5.31. The van der Waals surface area contributed by atoms with Crippen LogP contribution >= 0.6 is 0 Å². The number of aliphatic hydroxyl groups excluding tert-OH is 1. The Hall–Kier alpha value is -1.13. The Morgan fingerprint density at radius 2 is 2.13 bits per heavy atom. The normalized spacial score (nSPS) is 12.9. The van der Waals surface area contributed by atoms with Crippen molar-refractivity contribution in [2.75, 3.05) is 6.61 Å².